The van der Waals surface area contributed by atoms with E-state index in [1.165, 1.54) is 5.56 Å². The standard InChI is InChI=1S/C15H16N4/c1-19-9-12(7-8-16)13-14(17-10-18-15(13)19)11-5-3-2-4-6-11/h2-6,9-10H,7-8,16H2,1H3. The summed E-state index contributed by atoms with van der Waals surface area (Å²) >= 11 is 0. The SMILES string of the molecule is Cn1cc(CCN)c2c(-c3ccccc3)ncnc21. The van der Waals surface area contributed by atoms with Crippen LogP contribution in [0.1, 0.15) is 5.56 Å². The third-order valence-electron chi connectivity index (χ3n) is 3.29. The van der Waals surface area contributed by atoms with Crippen LogP contribution in [0, 0.1) is 0 Å². The van der Waals surface area contributed by atoms with E-state index in [0.717, 1.165) is 28.7 Å². The predicted octanol–water partition coefficient (Wildman–Crippen LogP) is 2.14. The molecule has 0 aliphatic rings. The van der Waals surface area contributed by atoms with Crippen LogP contribution in [0.3, 0.4) is 0 Å². The van der Waals surface area contributed by atoms with Gasteiger partial charge in [0.1, 0.15) is 12.0 Å². The van der Waals surface area contributed by atoms with Gasteiger partial charge in [-0.3, -0.25) is 0 Å². The quantitative estimate of drug-likeness (QED) is 0.777. The number of benzene rings is 1. The summed E-state index contributed by atoms with van der Waals surface area (Å²) in [7, 11) is 2.00. The number of aryl methyl sites for hydroxylation is 1. The summed E-state index contributed by atoms with van der Waals surface area (Å²) in [4.78, 5) is 8.85. The molecular weight excluding hydrogens is 236 g/mol. The number of hydrogen-bond acceptors (Lipinski definition) is 3. The lowest BCUT2D eigenvalue weighted by atomic mass is 10.1. The first kappa shape index (κ1) is 11.9. The van der Waals surface area contributed by atoms with Gasteiger partial charge in [-0.2, -0.15) is 0 Å². The molecule has 2 N–H and O–H groups in total. The van der Waals surface area contributed by atoms with E-state index in [4.69, 9.17) is 5.73 Å². The zero-order chi connectivity index (χ0) is 13.2. The lowest BCUT2D eigenvalue weighted by Gasteiger charge is -2.04. The summed E-state index contributed by atoms with van der Waals surface area (Å²) in [6, 6.07) is 10.2. The maximum Gasteiger partial charge on any atom is 0.143 e. The van der Waals surface area contributed by atoms with Crippen LogP contribution in [-0.2, 0) is 13.5 Å². The minimum Gasteiger partial charge on any atom is -0.335 e. The molecule has 96 valence electrons. The molecule has 0 amide bonds. The number of nitrogens with zero attached hydrogens (tertiary/aromatic N) is 3. The summed E-state index contributed by atoms with van der Waals surface area (Å²) in [6.07, 6.45) is 4.56. The van der Waals surface area contributed by atoms with E-state index < -0.39 is 0 Å². The Labute approximate surface area is 111 Å². The van der Waals surface area contributed by atoms with Gasteiger partial charge in [-0.25, -0.2) is 9.97 Å². The fourth-order valence-electron chi connectivity index (χ4n) is 2.46. The Morgan fingerprint density at radius 1 is 1.16 bits per heavy atom. The van der Waals surface area contributed by atoms with E-state index in [1.54, 1.807) is 6.33 Å². The molecule has 0 saturated carbocycles. The minimum absolute atomic E-state index is 0.627. The van der Waals surface area contributed by atoms with Crippen LogP contribution < -0.4 is 5.73 Å². The molecule has 0 spiro atoms. The normalized spacial score (nSPS) is 11.1. The molecule has 19 heavy (non-hydrogen) atoms. The Hall–Kier alpha value is -2.20. The molecule has 4 nitrogen and oxygen atoms in total. The van der Waals surface area contributed by atoms with Crippen molar-refractivity contribution in [3.63, 3.8) is 0 Å². The fourth-order valence-corrected chi connectivity index (χ4v) is 2.46. The summed E-state index contributed by atoms with van der Waals surface area (Å²) in [5, 5.41) is 1.11. The highest BCUT2D eigenvalue weighted by molar-refractivity contribution is 5.93. The zero-order valence-corrected chi connectivity index (χ0v) is 10.9. The van der Waals surface area contributed by atoms with Crippen molar-refractivity contribution in [1.29, 1.82) is 0 Å². The highest BCUT2D eigenvalue weighted by Crippen LogP contribution is 2.29. The van der Waals surface area contributed by atoms with Crippen LogP contribution in [0.15, 0.2) is 42.9 Å². The van der Waals surface area contributed by atoms with Gasteiger partial charge >= 0.3 is 0 Å². The number of fused-ring (bicyclic) bond motifs is 1. The second kappa shape index (κ2) is 4.82. The predicted molar refractivity (Wildman–Crippen MR) is 76.7 cm³/mol. The van der Waals surface area contributed by atoms with Crippen LogP contribution in [-0.4, -0.2) is 21.1 Å². The maximum absolute atomic E-state index is 5.70. The van der Waals surface area contributed by atoms with Crippen molar-refractivity contribution in [2.24, 2.45) is 12.8 Å². The monoisotopic (exact) mass is 252 g/mol. The van der Waals surface area contributed by atoms with Crippen LogP contribution in [0.4, 0.5) is 0 Å². The Bertz CT molecular complexity index is 701. The molecule has 0 unspecified atom stereocenters. The van der Waals surface area contributed by atoms with Crippen LogP contribution in [0.5, 0.6) is 0 Å². The van der Waals surface area contributed by atoms with Crippen molar-refractivity contribution in [3.05, 3.63) is 48.4 Å². The zero-order valence-electron chi connectivity index (χ0n) is 10.9. The highest BCUT2D eigenvalue weighted by Gasteiger charge is 2.13. The molecule has 0 aliphatic heterocycles. The van der Waals surface area contributed by atoms with Crippen molar-refractivity contribution < 1.29 is 0 Å². The van der Waals surface area contributed by atoms with Gasteiger partial charge in [-0.05, 0) is 18.5 Å². The van der Waals surface area contributed by atoms with Crippen LogP contribution >= 0.6 is 0 Å². The molecular formula is C15H16N4. The van der Waals surface area contributed by atoms with Crippen LogP contribution in [0.25, 0.3) is 22.3 Å². The summed E-state index contributed by atoms with van der Waals surface area (Å²) in [5.74, 6) is 0. The Morgan fingerprint density at radius 2 is 1.95 bits per heavy atom. The van der Waals surface area contributed by atoms with Crippen molar-refractivity contribution in [2.45, 2.75) is 6.42 Å². The molecule has 0 aliphatic carbocycles. The summed E-state index contributed by atoms with van der Waals surface area (Å²) in [5.41, 5.74) is 9.95. The molecule has 0 radical (unpaired) electrons. The Kier molecular flexibility index (Phi) is 3.01. The fraction of sp³-hybridized carbons (Fsp3) is 0.200. The van der Waals surface area contributed by atoms with Crippen molar-refractivity contribution in [2.75, 3.05) is 6.54 Å². The Morgan fingerprint density at radius 3 is 2.68 bits per heavy atom. The number of nitrogens with two attached hydrogens (primary N) is 1. The van der Waals surface area contributed by atoms with Crippen LogP contribution in [0.2, 0.25) is 0 Å². The smallest absolute Gasteiger partial charge is 0.143 e. The van der Waals surface area contributed by atoms with Gasteiger partial charge in [-0.15, -0.1) is 0 Å². The second-order valence-electron chi connectivity index (χ2n) is 4.59. The average Bonchev–Trinajstić information content (AvgIpc) is 2.77. The van der Waals surface area contributed by atoms with E-state index in [0.29, 0.717) is 6.54 Å². The van der Waals surface area contributed by atoms with E-state index in [-0.39, 0.29) is 0 Å². The van der Waals surface area contributed by atoms with Gasteiger partial charge in [0.25, 0.3) is 0 Å². The minimum atomic E-state index is 0.627. The van der Waals surface area contributed by atoms with Gasteiger partial charge in [0.2, 0.25) is 0 Å². The lowest BCUT2D eigenvalue weighted by molar-refractivity contribution is 0.918. The van der Waals surface area contributed by atoms with Gasteiger partial charge in [0, 0.05) is 24.2 Å². The molecule has 0 atom stereocenters. The Balaban J connectivity index is 2.30. The average molecular weight is 252 g/mol. The highest BCUT2D eigenvalue weighted by atomic mass is 15.0. The third-order valence-corrected chi connectivity index (χ3v) is 3.29. The summed E-state index contributed by atoms with van der Waals surface area (Å²) < 4.78 is 2.04. The van der Waals surface area contributed by atoms with Gasteiger partial charge < -0.3 is 10.3 Å². The number of aromatic nitrogens is 3. The van der Waals surface area contributed by atoms with E-state index in [2.05, 4.69) is 28.3 Å². The number of rotatable bonds is 3. The van der Waals surface area contributed by atoms with Gasteiger partial charge in [0.05, 0.1) is 5.69 Å². The van der Waals surface area contributed by atoms with E-state index >= 15 is 0 Å². The topological polar surface area (TPSA) is 56.7 Å². The van der Waals surface area contributed by atoms with Crippen molar-refractivity contribution in [3.8, 4) is 11.3 Å². The number of hydrogen-bond donors (Lipinski definition) is 1. The first-order chi connectivity index (χ1) is 9.31. The molecule has 0 saturated heterocycles. The van der Waals surface area contributed by atoms with Gasteiger partial charge in [0.15, 0.2) is 0 Å². The molecule has 0 fully saturated rings. The van der Waals surface area contributed by atoms with E-state index in [1.807, 2.05) is 29.8 Å². The molecule has 3 rings (SSSR count). The maximum atomic E-state index is 5.70. The van der Waals surface area contributed by atoms with Crippen molar-refractivity contribution >= 4 is 11.0 Å². The molecule has 2 heterocycles. The first-order valence-corrected chi connectivity index (χ1v) is 6.35. The molecule has 0 bridgehead atoms. The molecule has 1 aromatic carbocycles. The first-order valence-electron chi connectivity index (χ1n) is 6.35. The lowest BCUT2D eigenvalue weighted by Crippen LogP contribution is -2.02. The van der Waals surface area contributed by atoms with Crippen molar-refractivity contribution in [1.82, 2.24) is 14.5 Å². The summed E-state index contributed by atoms with van der Waals surface area (Å²) in [6.45, 7) is 0.627. The molecule has 4 heteroatoms. The van der Waals surface area contributed by atoms with Gasteiger partial charge in [-0.1, -0.05) is 30.3 Å². The van der Waals surface area contributed by atoms with E-state index in [9.17, 15) is 0 Å². The largest absolute Gasteiger partial charge is 0.335 e. The third kappa shape index (κ3) is 2.00. The molecule has 2 aromatic heterocycles. The second-order valence-corrected chi connectivity index (χ2v) is 4.59. The molecule has 3 aromatic rings.